The van der Waals surface area contributed by atoms with E-state index in [4.69, 9.17) is 28.3 Å². The van der Waals surface area contributed by atoms with Crippen molar-refractivity contribution < 1.29 is 102 Å². The van der Waals surface area contributed by atoms with Crippen molar-refractivity contribution in [2.24, 2.45) is 22.9 Å². The number of halogens is 1. The van der Waals surface area contributed by atoms with Gasteiger partial charge in [-0.25, -0.2) is 9.59 Å². The van der Waals surface area contributed by atoms with Gasteiger partial charge in [0, 0.05) is 61.9 Å². The van der Waals surface area contributed by atoms with Crippen LogP contribution in [0.5, 0.6) is 11.5 Å². The molecule has 27 N–H and O–H groups in total. The van der Waals surface area contributed by atoms with Crippen molar-refractivity contribution in [2.45, 2.75) is 156 Å². The predicted molar refractivity (Wildman–Crippen MR) is 397 cm³/mol. The highest BCUT2D eigenvalue weighted by Gasteiger charge is 2.43. The standard InChI is InChI=1S/C62H88IN19O21S4/c1-28(83)48-58(99)76-37(22-47(88)89)59(100)82-18-4-7-43(82)57(98)74-34(6-3-17-70-62(68)103)50(91)78-40-25-105-104-24-39(71-46(87)23-64)53(94)80-42(56(97)81-48)27-107-106-26-41(55(96)77-38(60(101)102)20-29-8-11-31(84)12-9-29)79-51(92)35(13-15-45(65)86)73-52(93)36(21-30-10-14-44(85)32(63)19-30)75-49(90)33(72-54(40)95)5-2-16-69-61(66)67/h8-12,14,19,28,33-43,48,83-85H,2-7,13,15-18,20-27,64H2,1H3,(H2,65,86)(H,71,87)(H,72,95)(H,73,93)(H,74,98)(H,75,90)(H,76,99)(H,77,96)(H,78,91)(H,79,92)(H,80,94)(H,81,97)(H,88,89)(H,101,102)(H4,66,67,69)(H3,68,70,103)/t28-,33+,34+,35+,36+,37+,38+,39+,40+,41+,42+,43+,48+/m1/s1. The highest BCUT2D eigenvalue weighted by Crippen LogP contribution is 2.28. The van der Waals surface area contributed by atoms with E-state index in [-0.39, 0.29) is 78.8 Å². The van der Waals surface area contributed by atoms with Crippen LogP contribution in [0.3, 0.4) is 0 Å². The summed E-state index contributed by atoms with van der Waals surface area (Å²) in [4.78, 5) is 226. The summed E-state index contributed by atoms with van der Waals surface area (Å²) < 4.78 is 0.272. The second-order valence-corrected chi connectivity index (χ2v) is 30.9. The predicted octanol–water partition coefficient (Wildman–Crippen LogP) is -6.52. The van der Waals surface area contributed by atoms with E-state index in [0.717, 1.165) is 33.4 Å². The Morgan fingerprint density at radius 1 is 0.636 bits per heavy atom. The number of rotatable bonds is 23. The Balaban J connectivity index is 1.78. The normalized spacial score (nSPS) is 24.4. The Hall–Kier alpha value is -9.32. The number of benzene rings is 2. The molecule has 2 bridgehead atoms. The van der Waals surface area contributed by atoms with E-state index in [2.05, 4.69) is 69.1 Å². The number of fused-ring (bicyclic) bond motifs is 9. The van der Waals surface area contributed by atoms with Gasteiger partial charge in [-0.05, 0) is 110 Å². The summed E-state index contributed by atoms with van der Waals surface area (Å²) in [6.45, 7) is -0.187. The fourth-order valence-electron chi connectivity index (χ4n) is 10.8. The minimum Gasteiger partial charge on any atom is -0.508 e. The Kier molecular flexibility index (Phi) is 36.4. The zero-order valence-corrected chi connectivity index (χ0v) is 62.9. The number of aliphatic hydroxyl groups is 1. The molecule has 588 valence electrons. The third-order valence-electron chi connectivity index (χ3n) is 16.3. The number of aliphatic hydroxyl groups excluding tert-OH is 1. The fraction of sp³-hybridized carbons (Fsp3) is 0.532. The number of urea groups is 1. The number of guanidine groups is 1. The van der Waals surface area contributed by atoms with Gasteiger partial charge in [0.1, 0.15) is 84.0 Å². The van der Waals surface area contributed by atoms with E-state index in [9.17, 15) is 87.9 Å². The number of aromatic hydroxyl groups is 2. The first kappa shape index (κ1) is 88.3. The number of phenolic OH excluding ortho intramolecular Hbond substituents is 2. The van der Waals surface area contributed by atoms with Crippen LogP contribution in [0.25, 0.3) is 0 Å². The number of nitrogens with zero attached hydrogens (tertiary/aromatic N) is 1. The van der Waals surface area contributed by atoms with Crippen LogP contribution in [0.4, 0.5) is 4.79 Å². The van der Waals surface area contributed by atoms with E-state index in [1.807, 2.05) is 0 Å². The van der Waals surface area contributed by atoms with E-state index in [0.29, 0.717) is 27.2 Å². The smallest absolute Gasteiger partial charge is 0.326 e. The van der Waals surface area contributed by atoms with Gasteiger partial charge in [-0.2, -0.15) is 0 Å². The molecular formula is C62H88IN19O21S4. The molecule has 15 amide bonds. The highest BCUT2D eigenvalue weighted by molar-refractivity contribution is 14.1. The number of nitrogens with two attached hydrogens (primary N) is 4. The van der Waals surface area contributed by atoms with Crippen molar-refractivity contribution in [3.8, 4) is 11.5 Å². The van der Waals surface area contributed by atoms with Crippen LogP contribution >= 0.6 is 65.8 Å². The molecule has 2 aromatic carbocycles. The molecule has 0 aromatic heterocycles. The van der Waals surface area contributed by atoms with Crippen LogP contribution in [0.2, 0.25) is 0 Å². The van der Waals surface area contributed by atoms with E-state index >= 15 is 14.4 Å². The van der Waals surface area contributed by atoms with Gasteiger partial charge in [-0.15, -0.1) is 0 Å². The molecule has 2 aromatic rings. The maximum Gasteiger partial charge on any atom is 0.326 e. The summed E-state index contributed by atoms with van der Waals surface area (Å²) in [5.41, 5.74) is 22.7. The lowest BCUT2D eigenvalue weighted by Crippen LogP contribution is -2.62. The molecule has 3 fully saturated rings. The lowest BCUT2D eigenvalue weighted by Gasteiger charge is -2.31. The zero-order valence-electron chi connectivity index (χ0n) is 57.5. The second kappa shape index (κ2) is 44.1. The average Bonchev–Trinajstić information content (AvgIpc) is 1.79. The number of phenols is 2. The minimum absolute atomic E-state index is 0.0727. The molecule has 107 heavy (non-hydrogen) atoms. The quantitative estimate of drug-likeness (QED) is 0.0162. The van der Waals surface area contributed by atoms with Gasteiger partial charge in [-0.1, -0.05) is 61.4 Å². The fourth-order valence-corrected chi connectivity index (χ4v) is 16.0. The SMILES string of the molecule is C[C@@H](O)[C@@H]1NC(=O)[C@@H]2CSSC[C@@H](C(=O)N[C@@H](Cc3ccc(O)cc3)C(=O)O)NC(=O)[C@H](CCC(N)=O)NC(=O)[C@H](Cc3ccc(O)c(I)c3)NC(=O)[C@H](CCCNC(=N)N)NC(=O)[C@H](CSSC[C@H](NC(=O)CN)C(=O)N2)NC(=O)[C@H](CCCNC(N)=O)NC(=O)[C@@H]2CCCN2C(=O)[C@H](CC(=O)O)NC1=O. The molecule has 3 saturated heterocycles. The first-order chi connectivity index (χ1) is 50.6. The summed E-state index contributed by atoms with van der Waals surface area (Å²) >= 11 is 1.80. The molecule has 0 radical (unpaired) electrons. The largest absolute Gasteiger partial charge is 0.508 e. The first-order valence-corrected chi connectivity index (χ1v) is 39.3. The van der Waals surface area contributed by atoms with Gasteiger partial charge >= 0.3 is 18.0 Å². The van der Waals surface area contributed by atoms with Crippen LogP contribution in [0.15, 0.2) is 42.5 Å². The van der Waals surface area contributed by atoms with Gasteiger partial charge in [0.05, 0.1) is 22.6 Å². The van der Waals surface area contributed by atoms with Crippen molar-refractivity contribution in [1.82, 2.24) is 74.0 Å². The summed E-state index contributed by atoms with van der Waals surface area (Å²) in [5, 5.41) is 91.8. The van der Waals surface area contributed by atoms with Crippen molar-refractivity contribution in [3.63, 3.8) is 0 Å². The molecule has 5 rings (SSSR count). The second-order valence-electron chi connectivity index (χ2n) is 24.6. The maximum absolute atomic E-state index is 15.1. The molecule has 3 aliphatic rings. The van der Waals surface area contributed by atoms with Crippen LogP contribution in [0, 0.1) is 8.98 Å². The first-order valence-electron chi connectivity index (χ1n) is 33.2. The Bertz CT molecular complexity index is 3590. The van der Waals surface area contributed by atoms with Crippen molar-refractivity contribution in [3.05, 3.63) is 57.2 Å². The lowest BCUT2D eigenvalue weighted by atomic mass is 10.0. The van der Waals surface area contributed by atoms with Gasteiger partial charge in [0.2, 0.25) is 76.8 Å². The number of hydrogen-bond acceptors (Lipinski definition) is 25. The third kappa shape index (κ3) is 29.8. The molecule has 0 unspecified atom stereocenters. The van der Waals surface area contributed by atoms with Crippen LogP contribution in [-0.2, 0) is 84.8 Å². The van der Waals surface area contributed by atoms with Gasteiger partial charge < -0.3 is 122 Å². The summed E-state index contributed by atoms with van der Waals surface area (Å²) in [7, 11) is 2.97. The van der Waals surface area contributed by atoms with Gasteiger partial charge in [0.15, 0.2) is 5.96 Å². The molecule has 3 aliphatic heterocycles. The Morgan fingerprint density at radius 2 is 1.17 bits per heavy atom. The monoisotopic (exact) mass is 1690 g/mol. The summed E-state index contributed by atoms with van der Waals surface area (Å²) in [5.74, 6) is -21.0. The van der Waals surface area contributed by atoms with Crippen LogP contribution < -0.4 is 92.1 Å². The number of primary amides is 2. The molecular weight excluding hydrogens is 1600 g/mol. The third-order valence-corrected chi connectivity index (χ3v) is 22.1. The number of aliphatic carboxylic acids is 2. The van der Waals surface area contributed by atoms with E-state index in [1.54, 1.807) is 22.6 Å². The molecule has 3 heterocycles. The minimum atomic E-state index is -2.09. The molecule has 0 aliphatic carbocycles. The van der Waals surface area contributed by atoms with E-state index in [1.165, 1.54) is 42.5 Å². The molecule has 13 atom stereocenters. The van der Waals surface area contributed by atoms with Crippen molar-refractivity contribution in [2.75, 3.05) is 49.2 Å². The van der Waals surface area contributed by atoms with E-state index < -0.39 is 241 Å². The van der Waals surface area contributed by atoms with Crippen molar-refractivity contribution >= 4 is 166 Å². The number of carboxylic acid groups (broad SMARTS) is 2. The van der Waals surface area contributed by atoms with Crippen LogP contribution in [-0.4, -0.2) is 259 Å². The number of hydrogen-bond donors (Lipinski definition) is 23. The van der Waals surface area contributed by atoms with Crippen LogP contribution in [0.1, 0.15) is 75.8 Å². The lowest BCUT2D eigenvalue weighted by molar-refractivity contribution is -0.146. The summed E-state index contributed by atoms with van der Waals surface area (Å²) in [6.07, 6.45) is -5.94. The number of nitrogens with one attached hydrogen (secondary N) is 14. The number of carbonyl (C=O) groups excluding carboxylic acids is 14. The maximum atomic E-state index is 15.1. The molecule has 0 spiro atoms. The molecule has 45 heteroatoms. The van der Waals surface area contributed by atoms with Crippen molar-refractivity contribution in [1.29, 1.82) is 5.41 Å². The van der Waals surface area contributed by atoms with Gasteiger partial charge in [0.25, 0.3) is 0 Å². The number of carbonyl (C=O) groups is 16. The Morgan fingerprint density at radius 3 is 1.76 bits per heavy atom. The number of amides is 15. The molecule has 0 saturated carbocycles. The molecule has 40 nitrogen and oxygen atoms in total. The van der Waals surface area contributed by atoms with Gasteiger partial charge in [-0.3, -0.25) is 72.5 Å². The Labute approximate surface area is 641 Å². The number of carboxylic acids is 2. The topological polar surface area (TPSA) is 662 Å². The average molecular weight is 1690 g/mol. The summed E-state index contributed by atoms with van der Waals surface area (Å²) in [6, 6.07) is -13.1. The highest BCUT2D eigenvalue weighted by atomic mass is 127. The zero-order chi connectivity index (χ0) is 79.2.